The number of aromatic carboxylic acids is 1. The molecule has 0 aromatic carbocycles. The SMILES string of the molecule is CC(C)(C)OC(=O)NCc1ocnc1C(=O)O. The van der Waals surface area contributed by atoms with Crippen LogP contribution in [0, 0.1) is 0 Å². The molecule has 0 radical (unpaired) electrons. The van der Waals surface area contributed by atoms with Gasteiger partial charge in [0.25, 0.3) is 0 Å². The van der Waals surface area contributed by atoms with E-state index in [0.29, 0.717) is 0 Å². The summed E-state index contributed by atoms with van der Waals surface area (Å²) in [6.07, 6.45) is 0.362. The number of carboxylic acids is 1. The Balaban J connectivity index is 2.53. The van der Waals surface area contributed by atoms with E-state index < -0.39 is 17.7 Å². The number of aromatic nitrogens is 1. The molecule has 1 aromatic heterocycles. The van der Waals surface area contributed by atoms with E-state index in [1.54, 1.807) is 20.8 Å². The monoisotopic (exact) mass is 242 g/mol. The number of oxazole rings is 1. The lowest BCUT2D eigenvalue weighted by atomic mass is 10.2. The van der Waals surface area contributed by atoms with Crippen molar-refractivity contribution in [3.05, 3.63) is 17.8 Å². The zero-order valence-electron chi connectivity index (χ0n) is 9.81. The molecule has 94 valence electrons. The molecule has 1 aromatic rings. The Labute approximate surface area is 97.8 Å². The Morgan fingerprint density at radius 2 is 2.18 bits per heavy atom. The van der Waals surface area contributed by atoms with Gasteiger partial charge in [-0.2, -0.15) is 0 Å². The second kappa shape index (κ2) is 4.86. The second-order valence-corrected chi connectivity index (χ2v) is 4.28. The number of hydrogen-bond donors (Lipinski definition) is 2. The van der Waals surface area contributed by atoms with Crippen LogP contribution in [0.1, 0.15) is 37.0 Å². The molecule has 1 rings (SSSR count). The first-order valence-electron chi connectivity index (χ1n) is 4.92. The lowest BCUT2D eigenvalue weighted by Crippen LogP contribution is -2.32. The molecule has 0 bridgehead atoms. The average molecular weight is 242 g/mol. The normalized spacial score (nSPS) is 11.0. The molecule has 0 saturated heterocycles. The largest absolute Gasteiger partial charge is 0.476 e. The highest BCUT2D eigenvalue weighted by Gasteiger charge is 2.19. The van der Waals surface area contributed by atoms with Gasteiger partial charge in [-0.25, -0.2) is 14.6 Å². The van der Waals surface area contributed by atoms with E-state index in [9.17, 15) is 9.59 Å². The third kappa shape index (κ3) is 4.13. The van der Waals surface area contributed by atoms with E-state index >= 15 is 0 Å². The van der Waals surface area contributed by atoms with E-state index in [1.165, 1.54) is 0 Å². The molecule has 7 heteroatoms. The van der Waals surface area contributed by atoms with Gasteiger partial charge in [-0.05, 0) is 20.8 Å². The molecule has 0 unspecified atom stereocenters. The number of rotatable bonds is 3. The van der Waals surface area contributed by atoms with Crippen LogP contribution < -0.4 is 5.32 Å². The van der Waals surface area contributed by atoms with Crippen molar-refractivity contribution in [2.45, 2.75) is 32.9 Å². The number of nitrogens with one attached hydrogen (secondary N) is 1. The van der Waals surface area contributed by atoms with Gasteiger partial charge >= 0.3 is 12.1 Å². The zero-order valence-corrected chi connectivity index (χ0v) is 9.81. The molecule has 0 aliphatic heterocycles. The van der Waals surface area contributed by atoms with Gasteiger partial charge in [0.15, 0.2) is 17.8 Å². The molecule has 17 heavy (non-hydrogen) atoms. The first kappa shape index (κ1) is 13.0. The summed E-state index contributed by atoms with van der Waals surface area (Å²) in [7, 11) is 0. The molecule has 0 aliphatic rings. The Bertz CT molecular complexity index is 419. The van der Waals surface area contributed by atoms with Crippen molar-refractivity contribution >= 4 is 12.1 Å². The maximum atomic E-state index is 11.3. The van der Waals surface area contributed by atoms with Crippen molar-refractivity contribution in [2.75, 3.05) is 0 Å². The highest BCUT2D eigenvalue weighted by Crippen LogP contribution is 2.09. The van der Waals surface area contributed by atoms with Crippen molar-refractivity contribution in [1.82, 2.24) is 10.3 Å². The van der Waals surface area contributed by atoms with Crippen LogP contribution >= 0.6 is 0 Å². The number of alkyl carbamates (subject to hydrolysis) is 1. The van der Waals surface area contributed by atoms with Crippen molar-refractivity contribution in [3.8, 4) is 0 Å². The molecule has 2 N–H and O–H groups in total. The number of ether oxygens (including phenoxy) is 1. The van der Waals surface area contributed by atoms with E-state index in [2.05, 4.69) is 10.3 Å². The molecule has 0 saturated carbocycles. The Morgan fingerprint density at radius 3 is 2.71 bits per heavy atom. The lowest BCUT2D eigenvalue weighted by Gasteiger charge is -2.19. The summed E-state index contributed by atoms with van der Waals surface area (Å²) in [4.78, 5) is 25.5. The van der Waals surface area contributed by atoms with E-state index in [4.69, 9.17) is 14.3 Å². The first-order valence-corrected chi connectivity index (χ1v) is 4.92. The minimum atomic E-state index is -1.21. The van der Waals surface area contributed by atoms with Crippen LogP contribution in [-0.4, -0.2) is 27.8 Å². The van der Waals surface area contributed by atoms with Gasteiger partial charge in [0.1, 0.15) is 5.60 Å². The fourth-order valence-electron chi connectivity index (χ4n) is 1.04. The van der Waals surface area contributed by atoms with Crippen LogP contribution in [0.4, 0.5) is 4.79 Å². The van der Waals surface area contributed by atoms with E-state index in [0.717, 1.165) is 6.39 Å². The van der Waals surface area contributed by atoms with Gasteiger partial charge in [0.2, 0.25) is 0 Å². The zero-order chi connectivity index (χ0) is 13.1. The minimum Gasteiger partial charge on any atom is -0.476 e. The second-order valence-electron chi connectivity index (χ2n) is 4.28. The van der Waals surface area contributed by atoms with Crippen LogP contribution in [0.2, 0.25) is 0 Å². The van der Waals surface area contributed by atoms with Gasteiger partial charge < -0.3 is 19.6 Å². The van der Waals surface area contributed by atoms with Gasteiger partial charge in [-0.1, -0.05) is 0 Å². The first-order chi connectivity index (χ1) is 7.79. The summed E-state index contributed by atoms with van der Waals surface area (Å²) in [6, 6.07) is 0. The maximum Gasteiger partial charge on any atom is 0.408 e. The summed E-state index contributed by atoms with van der Waals surface area (Å²) in [5, 5.41) is 11.1. The topological polar surface area (TPSA) is 102 Å². The highest BCUT2D eigenvalue weighted by molar-refractivity contribution is 5.86. The molecule has 1 heterocycles. The maximum absolute atomic E-state index is 11.3. The standard InChI is InChI=1S/C10H14N2O5/c1-10(2,3)17-9(15)11-4-6-7(8(13)14)12-5-16-6/h5H,4H2,1-3H3,(H,11,15)(H,13,14). The Hall–Kier alpha value is -2.05. The van der Waals surface area contributed by atoms with E-state index in [1.807, 2.05) is 0 Å². The van der Waals surface area contributed by atoms with Crippen LogP contribution in [0.25, 0.3) is 0 Å². The summed E-state index contributed by atoms with van der Waals surface area (Å²) in [5.74, 6) is -1.14. The number of carboxylic acid groups (broad SMARTS) is 1. The van der Waals surface area contributed by atoms with Gasteiger partial charge in [-0.3, -0.25) is 0 Å². The lowest BCUT2D eigenvalue weighted by molar-refractivity contribution is 0.0516. The Morgan fingerprint density at radius 1 is 1.53 bits per heavy atom. The molecule has 0 spiro atoms. The molecule has 1 amide bonds. The molecule has 0 fully saturated rings. The predicted molar refractivity (Wildman–Crippen MR) is 56.5 cm³/mol. The van der Waals surface area contributed by atoms with Crippen molar-refractivity contribution < 1.29 is 23.8 Å². The highest BCUT2D eigenvalue weighted by atomic mass is 16.6. The number of carbonyl (C=O) groups excluding carboxylic acids is 1. The fourth-order valence-corrected chi connectivity index (χ4v) is 1.04. The molecule has 0 aliphatic carbocycles. The van der Waals surface area contributed by atoms with Crippen LogP contribution in [-0.2, 0) is 11.3 Å². The van der Waals surface area contributed by atoms with Crippen LogP contribution in [0.15, 0.2) is 10.8 Å². The van der Waals surface area contributed by atoms with E-state index in [-0.39, 0.29) is 18.0 Å². The van der Waals surface area contributed by atoms with Crippen LogP contribution in [0.5, 0.6) is 0 Å². The average Bonchev–Trinajstić information content (AvgIpc) is 2.59. The molecule has 7 nitrogen and oxygen atoms in total. The number of hydrogen-bond acceptors (Lipinski definition) is 5. The number of carbonyl (C=O) groups is 2. The minimum absolute atomic E-state index is 0.0726. The quantitative estimate of drug-likeness (QED) is 0.830. The summed E-state index contributed by atoms with van der Waals surface area (Å²) >= 11 is 0. The third-order valence-corrected chi connectivity index (χ3v) is 1.64. The molecule has 0 atom stereocenters. The smallest absolute Gasteiger partial charge is 0.408 e. The van der Waals surface area contributed by atoms with Gasteiger partial charge in [0.05, 0.1) is 6.54 Å². The van der Waals surface area contributed by atoms with Crippen molar-refractivity contribution in [2.24, 2.45) is 0 Å². The number of nitrogens with zero attached hydrogens (tertiary/aromatic N) is 1. The molecular weight excluding hydrogens is 228 g/mol. The van der Waals surface area contributed by atoms with Gasteiger partial charge in [-0.15, -0.1) is 0 Å². The van der Waals surface area contributed by atoms with Gasteiger partial charge in [0, 0.05) is 0 Å². The Kier molecular flexibility index (Phi) is 3.72. The summed E-state index contributed by atoms with van der Waals surface area (Å²) in [5.41, 5.74) is -0.831. The third-order valence-electron chi connectivity index (χ3n) is 1.64. The summed E-state index contributed by atoms with van der Waals surface area (Å²) < 4.78 is 9.82. The number of amides is 1. The molecular formula is C10H14N2O5. The summed E-state index contributed by atoms with van der Waals surface area (Å²) in [6.45, 7) is 5.09. The fraction of sp³-hybridized carbons (Fsp3) is 0.500. The van der Waals surface area contributed by atoms with Crippen molar-refractivity contribution in [1.29, 1.82) is 0 Å². The van der Waals surface area contributed by atoms with Crippen molar-refractivity contribution in [3.63, 3.8) is 0 Å². The van der Waals surface area contributed by atoms with Crippen LogP contribution in [0.3, 0.4) is 0 Å². The predicted octanol–water partition coefficient (Wildman–Crippen LogP) is 1.40.